The van der Waals surface area contributed by atoms with Crippen molar-refractivity contribution in [2.75, 3.05) is 0 Å². The highest BCUT2D eigenvalue weighted by Gasteiger charge is 2.39. The molecule has 51 heavy (non-hydrogen) atoms. The molecule has 0 N–H and O–H groups in total. The van der Waals surface area contributed by atoms with E-state index in [1.165, 1.54) is 109 Å². The predicted molar refractivity (Wildman–Crippen MR) is 220 cm³/mol. The quantitative estimate of drug-likeness (QED) is 0.129. The SMILES string of the molecule is CC1(C)c2ccc3ccccc3c2-c2c1c1ccc(-c3c4ccccc4c(-c4cccc5ccccc45)c4ccccc34)cc1c1ccccc21. The van der Waals surface area contributed by atoms with Gasteiger partial charge in [-0.15, -0.1) is 0 Å². The molecule has 0 saturated heterocycles. The maximum Gasteiger partial charge on any atom is 0.0165 e. The summed E-state index contributed by atoms with van der Waals surface area (Å²) in [6.45, 7) is 4.84. The van der Waals surface area contributed by atoms with E-state index in [1.54, 1.807) is 0 Å². The molecule has 0 amide bonds. The van der Waals surface area contributed by atoms with Crippen LogP contribution in [0.2, 0.25) is 0 Å². The molecule has 0 nitrogen and oxygen atoms in total. The molecule has 1 aliphatic carbocycles. The van der Waals surface area contributed by atoms with Crippen molar-refractivity contribution in [3.8, 4) is 33.4 Å². The van der Waals surface area contributed by atoms with E-state index in [2.05, 4.69) is 184 Å². The second-order valence-corrected chi connectivity index (χ2v) is 14.8. The van der Waals surface area contributed by atoms with Gasteiger partial charge >= 0.3 is 0 Å². The molecule has 10 aromatic rings. The lowest BCUT2D eigenvalue weighted by atomic mass is 9.78. The molecule has 11 rings (SSSR count). The molecule has 0 heterocycles. The van der Waals surface area contributed by atoms with Crippen molar-refractivity contribution in [3.05, 3.63) is 181 Å². The summed E-state index contributed by atoms with van der Waals surface area (Å²) >= 11 is 0. The smallest absolute Gasteiger partial charge is 0.0165 e. The summed E-state index contributed by atoms with van der Waals surface area (Å²) in [7, 11) is 0. The highest BCUT2D eigenvalue weighted by molar-refractivity contribution is 6.26. The molecule has 0 radical (unpaired) electrons. The summed E-state index contributed by atoms with van der Waals surface area (Å²) in [5.74, 6) is 0. The second-order valence-electron chi connectivity index (χ2n) is 14.8. The van der Waals surface area contributed by atoms with Gasteiger partial charge in [-0.2, -0.15) is 0 Å². The van der Waals surface area contributed by atoms with E-state index < -0.39 is 0 Å². The molecule has 0 unspecified atom stereocenters. The largest absolute Gasteiger partial charge is 0.0616 e. The fourth-order valence-electron chi connectivity index (χ4n) is 9.62. The molecule has 0 fully saturated rings. The van der Waals surface area contributed by atoms with Crippen LogP contribution >= 0.6 is 0 Å². The third kappa shape index (κ3) is 3.85. The van der Waals surface area contributed by atoms with E-state index in [9.17, 15) is 0 Å². The molecule has 0 aliphatic heterocycles. The van der Waals surface area contributed by atoms with Gasteiger partial charge in [-0.25, -0.2) is 0 Å². The number of rotatable bonds is 2. The van der Waals surface area contributed by atoms with Crippen LogP contribution in [0.1, 0.15) is 25.0 Å². The predicted octanol–water partition coefficient (Wildman–Crippen LogP) is 14.2. The van der Waals surface area contributed by atoms with Crippen LogP contribution in [0.15, 0.2) is 170 Å². The summed E-state index contributed by atoms with van der Waals surface area (Å²) < 4.78 is 0. The molecule has 238 valence electrons. The lowest BCUT2D eigenvalue weighted by Crippen LogP contribution is -2.15. The van der Waals surface area contributed by atoms with Crippen molar-refractivity contribution in [2.45, 2.75) is 19.3 Å². The lowest BCUT2D eigenvalue weighted by molar-refractivity contribution is 0.667. The van der Waals surface area contributed by atoms with Crippen LogP contribution in [-0.2, 0) is 5.41 Å². The van der Waals surface area contributed by atoms with Crippen LogP contribution in [0.25, 0.3) is 98.0 Å². The number of fused-ring (bicyclic) bond motifs is 13. The Kier molecular flexibility index (Phi) is 5.82. The molecule has 10 aromatic carbocycles. The van der Waals surface area contributed by atoms with E-state index in [0.29, 0.717) is 0 Å². The van der Waals surface area contributed by atoms with E-state index in [1.807, 2.05) is 0 Å². The van der Waals surface area contributed by atoms with Crippen LogP contribution in [0.5, 0.6) is 0 Å². The highest BCUT2D eigenvalue weighted by Crippen LogP contribution is 2.57. The maximum absolute atomic E-state index is 2.49. The van der Waals surface area contributed by atoms with Gasteiger partial charge in [0.15, 0.2) is 0 Å². The average Bonchev–Trinajstić information content (AvgIpc) is 3.43. The van der Waals surface area contributed by atoms with Crippen molar-refractivity contribution < 1.29 is 0 Å². The Morgan fingerprint density at radius 2 is 0.824 bits per heavy atom. The normalized spacial score (nSPS) is 13.5. The number of hydrogen-bond donors (Lipinski definition) is 0. The monoisotopic (exact) mass is 646 g/mol. The van der Waals surface area contributed by atoms with E-state index >= 15 is 0 Å². The zero-order valence-corrected chi connectivity index (χ0v) is 28.7. The molecule has 0 bridgehead atoms. The number of benzene rings is 10. The van der Waals surface area contributed by atoms with Crippen molar-refractivity contribution in [2.24, 2.45) is 0 Å². The first-order valence-corrected chi connectivity index (χ1v) is 18.0. The van der Waals surface area contributed by atoms with Gasteiger partial charge in [0, 0.05) is 5.41 Å². The van der Waals surface area contributed by atoms with Crippen LogP contribution in [0.3, 0.4) is 0 Å². The lowest BCUT2D eigenvalue weighted by Gasteiger charge is -2.24. The minimum absolute atomic E-state index is 0.141. The molecule has 0 heteroatoms. The van der Waals surface area contributed by atoms with E-state index in [-0.39, 0.29) is 5.41 Å². The first-order chi connectivity index (χ1) is 25.1. The Morgan fingerprint density at radius 1 is 0.314 bits per heavy atom. The van der Waals surface area contributed by atoms with Crippen molar-refractivity contribution in [1.82, 2.24) is 0 Å². The van der Waals surface area contributed by atoms with Gasteiger partial charge in [-0.1, -0.05) is 178 Å². The van der Waals surface area contributed by atoms with Gasteiger partial charge in [-0.3, -0.25) is 0 Å². The molecule has 1 aliphatic rings. The van der Waals surface area contributed by atoms with Crippen molar-refractivity contribution in [1.29, 1.82) is 0 Å². The molecular weight excluding hydrogens is 613 g/mol. The molecule has 0 spiro atoms. The van der Waals surface area contributed by atoms with Crippen LogP contribution < -0.4 is 0 Å². The topological polar surface area (TPSA) is 0 Å². The Hall–Kier alpha value is -6.24. The first-order valence-electron chi connectivity index (χ1n) is 18.0. The Balaban J connectivity index is 1.25. The summed E-state index contributed by atoms with van der Waals surface area (Å²) in [6.07, 6.45) is 0. The minimum atomic E-state index is -0.141. The van der Waals surface area contributed by atoms with Crippen molar-refractivity contribution in [3.63, 3.8) is 0 Å². The van der Waals surface area contributed by atoms with Crippen LogP contribution in [-0.4, -0.2) is 0 Å². The van der Waals surface area contributed by atoms with Crippen LogP contribution in [0.4, 0.5) is 0 Å². The Bertz CT molecular complexity index is 3040. The second kappa shape index (κ2) is 10.4. The number of hydrogen-bond acceptors (Lipinski definition) is 0. The van der Waals surface area contributed by atoms with Gasteiger partial charge in [0.25, 0.3) is 0 Å². The summed E-state index contributed by atoms with van der Waals surface area (Å²) in [6, 6.07) is 63.5. The van der Waals surface area contributed by atoms with Gasteiger partial charge in [0.2, 0.25) is 0 Å². The van der Waals surface area contributed by atoms with E-state index in [4.69, 9.17) is 0 Å². The fraction of sp³-hybridized carbons (Fsp3) is 0.0588. The van der Waals surface area contributed by atoms with Crippen molar-refractivity contribution >= 4 is 64.6 Å². The van der Waals surface area contributed by atoms with E-state index in [0.717, 1.165) is 0 Å². The molecule has 0 atom stereocenters. The summed E-state index contributed by atoms with van der Waals surface area (Å²) in [4.78, 5) is 0. The Morgan fingerprint density at radius 3 is 1.49 bits per heavy atom. The molecule has 0 aromatic heterocycles. The zero-order chi connectivity index (χ0) is 33.8. The first kappa shape index (κ1) is 28.6. The Labute approximate surface area is 297 Å². The third-order valence-corrected chi connectivity index (χ3v) is 11.8. The zero-order valence-electron chi connectivity index (χ0n) is 28.7. The standard InChI is InChI=1S/C51H34/c1-51(2)45-29-27-32-15-4-6-18-35(32)48(45)49-38-20-8-7-19-36(38)44-30-33(26-28-43(44)50(49)51)46-39-21-9-11-23-41(39)47(42-24-12-10-22-40(42)46)37-25-13-16-31-14-3-5-17-34(31)37/h3-30H,1-2H3. The average molecular weight is 647 g/mol. The summed E-state index contributed by atoms with van der Waals surface area (Å²) in [5.41, 5.74) is 10.6. The fourth-order valence-corrected chi connectivity index (χ4v) is 9.62. The minimum Gasteiger partial charge on any atom is -0.0616 e. The molecular formula is C51H34. The van der Waals surface area contributed by atoms with Gasteiger partial charge in [0.1, 0.15) is 0 Å². The summed E-state index contributed by atoms with van der Waals surface area (Å²) in [5, 5.41) is 15.6. The van der Waals surface area contributed by atoms with Gasteiger partial charge in [-0.05, 0) is 115 Å². The highest BCUT2D eigenvalue weighted by atomic mass is 14.4. The van der Waals surface area contributed by atoms with Gasteiger partial charge in [0.05, 0.1) is 0 Å². The van der Waals surface area contributed by atoms with Crippen LogP contribution in [0, 0.1) is 0 Å². The van der Waals surface area contributed by atoms with Gasteiger partial charge < -0.3 is 0 Å². The maximum atomic E-state index is 2.49. The third-order valence-electron chi connectivity index (χ3n) is 11.8. The molecule has 0 saturated carbocycles.